The van der Waals surface area contributed by atoms with Crippen LogP contribution in [0, 0.1) is 6.92 Å². The third-order valence-corrected chi connectivity index (χ3v) is 3.91. The second-order valence-electron chi connectivity index (χ2n) is 5.53. The number of nitrogens with one attached hydrogen (secondary N) is 1. The predicted octanol–water partition coefficient (Wildman–Crippen LogP) is 2.50. The van der Waals surface area contributed by atoms with E-state index in [0.717, 1.165) is 11.1 Å². The maximum atomic E-state index is 12.7. The average Bonchev–Trinajstić information content (AvgIpc) is 2.57. The van der Waals surface area contributed by atoms with Crippen LogP contribution in [0.3, 0.4) is 0 Å². The van der Waals surface area contributed by atoms with Gasteiger partial charge in [-0.25, -0.2) is 5.10 Å². The number of benzene rings is 2. The molecule has 5 nitrogen and oxygen atoms in total. The topological polar surface area (TPSA) is 66.1 Å². The maximum Gasteiger partial charge on any atom is 0.274 e. The first-order chi connectivity index (χ1) is 11.1. The molecule has 23 heavy (non-hydrogen) atoms. The van der Waals surface area contributed by atoms with Crippen molar-refractivity contribution in [2.24, 2.45) is 0 Å². The number of carbonyl (C=O) groups is 1. The Bertz CT molecular complexity index is 931. The second kappa shape index (κ2) is 6.04. The summed E-state index contributed by atoms with van der Waals surface area (Å²) in [5, 5.41) is 7.40. The summed E-state index contributed by atoms with van der Waals surface area (Å²) in [4.78, 5) is 26.1. The zero-order valence-corrected chi connectivity index (χ0v) is 13.0. The molecule has 0 bridgehead atoms. The fourth-order valence-electron chi connectivity index (χ4n) is 2.57. The normalized spacial score (nSPS) is 10.7. The van der Waals surface area contributed by atoms with Crippen molar-refractivity contribution in [2.45, 2.75) is 13.5 Å². The molecule has 5 heteroatoms. The number of nitrogens with zero attached hydrogens (tertiary/aromatic N) is 2. The summed E-state index contributed by atoms with van der Waals surface area (Å²) < 4.78 is 0. The lowest BCUT2D eigenvalue weighted by molar-refractivity contribution is 0.0780. The molecule has 1 amide bonds. The van der Waals surface area contributed by atoms with E-state index in [9.17, 15) is 9.59 Å². The predicted molar refractivity (Wildman–Crippen MR) is 89.3 cm³/mol. The number of aryl methyl sites for hydroxylation is 1. The Morgan fingerprint density at radius 2 is 1.74 bits per heavy atom. The number of carbonyl (C=O) groups excluding carboxylic acids is 1. The van der Waals surface area contributed by atoms with Crippen LogP contribution in [0.25, 0.3) is 10.8 Å². The van der Waals surface area contributed by atoms with E-state index in [1.165, 1.54) is 0 Å². The molecule has 1 aromatic heterocycles. The molecular formula is C18H17N3O2. The summed E-state index contributed by atoms with van der Waals surface area (Å²) in [5.74, 6) is -0.222. The molecule has 0 saturated heterocycles. The van der Waals surface area contributed by atoms with Gasteiger partial charge in [0.1, 0.15) is 0 Å². The zero-order chi connectivity index (χ0) is 16.4. The highest BCUT2D eigenvalue weighted by Gasteiger charge is 2.18. The van der Waals surface area contributed by atoms with Crippen LogP contribution in [0.4, 0.5) is 0 Å². The first-order valence-electron chi connectivity index (χ1n) is 7.35. The standard InChI is InChI=1S/C18H17N3O2/c1-12-7-3-4-8-13(12)11-21(2)18(23)16-14-9-5-6-10-15(14)17(22)20-19-16/h3-10H,11H2,1-2H3,(H,20,22). The Kier molecular flexibility index (Phi) is 3.93. The highest BCUT2D eigenvalue weighted by Crippen LogP contribution is 2.16. The smallest absolute Gasteiger partial charge is 0.274 e. The molecule has 1 heterocycles. The monoisotopic (exact) mass is 307 g/mol. The molecule has 0 fully saturated rings. The van der Waals surface area contributed by atoms with E-state index < -0.39 is 0 Å². The van der Waals surface area contributed by atoms with Gasteiger partial charge in [0.05, 0.1) is 5.39 Å². The van der Waals surface area contributed by atoms with E-state index in [1.54, 1.807) is 36.2 Å². The zero-order valence-electron chi connectivity index (χ0n) is 13.0. The van der Waals surface area contributed by atoms with Gasteiger partial charge in [-0.15, -0.1) is 0 Å². The van der Waals surface area contributed by atoms with Crippen molar-refractivity contribution in [3.63, 3.8) is 0 Å². The molecule has 0 saturated carbocycles. The van der Waals surface area contributed by atoms with Gasteiger partial charge in [-0.1, -0.05) is 42.5 Å². The van der Waals surface area contributed by atoms with Gasteiger partial charge in [-0.2, -0.15) is 5.10 Å². The lowest BCUT2D eigenvalue weighted by Gasteiger charge is -2.18. The van der Waals surface area contributed by atoms with Crippen LogP contribution in [0.2, 0.25) is 0 Å². The van der Waals surface area contributed by atoms with Crippen molar-refractivity contribution in [2.75, 3.05) is 7.05 Å². The largest absolute Gasteiger partial charge is 0.336 e. The van der Waals surface area contributed by atoms with Crippen LogP contribution in [0.5, 0.6) is 0 Å². The van der Waals surface area contributed by atoms with E-state index in [1.807, 2.05) is 31.2 Å². The molecule has 3 aromatic rings. The summed E-state index contributed by atoms with van der Waals surface area (Å²) in [7, 11) is 1.73. The summed E-state index contributed by atoms with van der Waals surface area (Å²) in [5.41, 5.74) is 2.18. The second-order valence-corrected chi connectivity index (χ2v) is 5.53. The molecule has 0 radical (unpaired) electrons. The Hall–Kier alpha value is -2.95. The Morgan fingerprint density at radius 3 is 2.48 bits per heavy atom. The third-order valence-electron chi connectivity index (χ3n) is 3.91. The van der Waals surface area contributed by atoms with E-state index >= 15 is 0 Å². The van der Waals surface area contributed by atoms with Gasteiger partial charge in [-0.3, -0.25) is 9.59 Å². The number of aromatic amines is 1. The van der Waals surface area contributed by atoms with Gasteiger partial charge in [0.2, 0.25) is 0 Å². The lowest BCUT2D eigenvalue weighted by atomic mass is 10.1. The minimum absolute atomic E-state index is 0.222. The molecule has 3 rings (SSSR count). The first-order valence-corrected chi connectivity index (χ1v) is 7.35. The van der Waals surface area contributed by atoms with Gasteiger partial charge < -0.3 is 4.90 Å². The lowest BCUT2D eigenvalue weighted by Crippen LogP contribution is -2.29. The van der Waals surface area contributed by atoms with Crippen molar-refractivity contribution in [3.05, 3.63) is 75.7 Å². The van der Waals surface area contributed by atoms with Crippen molar-refractivity contribution in [3.8, 4) is 0 Å². The first kappa shape index (κ1) is 15.0. The highest BCUT2D eigenvalue weighted by atomic mass is 16.2. The van der Waals surface area contributed by atoms with Crippen molar-refractivity contribution in [1.29, 1.82) is 0 Å². The van der Waals surface area contributed by atoms with Crippen LogP contribution in [-0.2, 0) is 6.54 Å². The number of amides is 1. The number of aromatic nitrogens is 2. The highest BCUT2D eigenvalue weighted by molar-refractivity contribution is 6.04. The molecule has 0 aliphatic heterocycles. The number of hydrogen-bond acceptors (Lipinski definition) is 3. The van der Waals surface area contributed by atoms with Gasteiger partial charge in [0.15, 0.2) is 5.69 Å². The Balaban J connectivity index is 1.96. The average molecular weight is 307 g/mol. The molecule has 0 aliphatic rings. The van der Waals surface area contributed by atoms with Crippen LogP contribution in [0.1, 0.15) is 21.6 Å². The van der Waals surface area contributed by atoms with E-state index in [4.69, 9.17) is 0 Å². The molecule has 2 aromatic carbocycles. The quantitative estimate of drug-likeness (QED) is 0.808. The number of fused-ring (bicyclic) bond motifs is 1. The number of H-pyrrole nitrogens is 1. The van der Waals surface area contributed by atoms with Crippen LogP contribution in [0.15, 0.2) is 53.3 Å². The minimum atomic E-state index is -0.293. The van der Waals surface area contributed by atoms with Gasteiger partial charge in [0.25, 0.3) is 11.5 Å². The summed E-state index contributed by atoms with van der Waals surface area (Å²) >= 11 is 0. The van der Waals surface area contributed by atoms with Gasteiger partial charge >= 0.3 is 0 Å². The summed E-state index contributed by atoms with van der Waals surface area (Å²) in [6, 6.07) is 14.9. The van der Waals surface area contributed by atoms with Gasteiger partial charge in [-0.05, 0) is 24.1 Å². The number of hydrogen-bond donors (Lipinski definition) is 1. The number of rotatable bonds is 3. The van der Waals surface area contributed by atoms with Crippen LogP contribution in [-0.4, -0.2) is 28.1 Å². The Labute approximate surface area is 133 Å². The van der Waals surface area contributed by atoms with Crippen LogP contribution < -0.4 is 5.56 Å². The Morgan fingerprint density at radius 1 is 1.09 bits per heavy atom. The molecule has 0 spiro atoms. The van der Waals surface area contributed by atoms with Crippen molar-refractivity contribution < 1.29 is 4.79 Å². The van der Waals surface area contributed by atoms with Gasteiger partial charge in [0, 0.05) is 19.0 Å². The molecule has 0 atom stereocenters. The molecule has 0 aliphatic carbocycles. The summed E-state index contributed by atoms with van der Waals surface area (Å²) in [6.07, 6.45) is 0. The fourth-order valence-corrected chi connectivity index (χ4v) is 2.57. The van der Waals surface area contributed by atoms with Crippen molar-refractivity contribution in [1.82, 2.24) is 15.1 Å². The molecule has 116 valence electrons. The maximum absolute atomic E-state index is 12.7. The third kappa shape index (κ3) is 2.85. The van der Waals surface area contributed by atoms with E-state index in [2.05, 4.69) is 10.2 Å². The molecule has 1 N–H and O–H groups in total. The minimum Gasteiger partial charge on any atom is -0.336 e. The SMILES string of the molecule is Cc1ccccc1CN(C)C(=O)c1n[nH]c(=O)c2ccccc12. The van der Waals surface area contributed by atoms with E-state index in [0.29, 0.717) is 17.3 Å². The fraction of sp³-hybridized carbons (Fsp3) is 0.167. The van der Waals surface area contributed by atoms with E-state index in [-0.39, 0.29) is 17.2 Å². The molecular weight excluding hydrogens is 290 g/mol. The van der Waals surface area contributed by atoms with Crippen molar-refractivity contribution >= 4 is 16.7 Å². The summed E-state index contributed by atoms with van der Waals surface area (Å²) in [6.45, 7) is 2.50. The molecule has 0 unspecified atom stereocenters. The van der Waals surface area contributed by atoms with Crippen LogP contribution >= 0.6 is 0 Å².